The van der Waals surface area contributed by atoms with Crippen LogP contribution in [0.3, 0.4) is 0 Å². The number of nitrogens with two attached hydrogens (primary N) is 4. The van der Waals surface area contributed by atoms with Crippen LogP contribution >= 0.6 is 86.8 Å². The largest absolute Gasteiger partial charge is 0.330 e. The van der Waals surface area contributed by atoms with Crippen LogP contribution < -0.4 is 33.6 Å². The fourth-order valence-electron chi connectivity index (χ4n) is 4.88. The van der Waals surface area contributed by atoms with E-state index in [1.807, 2.05) is 6.20 Å². The van der Waals surface area contributed by atoms with Gasteiger partial charge in [-0.2, -0.15) is 0 Å². The molecule has 1 heterocycles. The van der Waals surface area contributed by atoms with Gasteiger partial charge in [-0.3, -0.25) is 4.98 Å². The normalized spacial score (nSPS) is 11.1. The van der Waals surface area contributed by atoms with E-state index in [1.165, 1.54) is 82.6 Å². The Kier molecular flexibility index (Phi) is 64.0. The zero-order valence-corrected chi connectivity index (χ0v) is 33.2. The van der Waals surface area contributed by atoms with Gasteiger partial charge in [0.2, 0.25) is 0 Å². The smallest absolute Gasteiger partial charge is 0.0419 e. The summed E-state index contributed by atoms with van der Waals surface area (Å²) in [7, 11) is 0. The summed E-state index contributed by atoms with van der Waals surface area (Å²) in [5, 5.41) is 7.11. The number of halogens is 7. The molecule has 1 aromatic rings. The standard InChI is InChI=1S/C31H63N7.7ClH/c32-19-9-1-3-11-21-36-23-13-5-7-15-29(34)25-28-17-18-31(38-27-28)26-30(35)16-8-6-14-24-37-22-12-4-2-10-20-33;;;;;;;/h17-18,27,29-30,36-37H,1-16,19-26,32-35H2;7*1H. The molecule has 1 aromatic heterocycles. The molecule has 0 fully saturated rings. The van der Waals surface area contributed by atoms with Crippen molar-refractivity contribution in [3.05, 3.63) is 29.6 Å². The first-order chi connectivity index (χ1) is 18.7. The molecule has 2 unspecified atom stereocenters. The maximum Gasteiger partial charge on any atom is 0.0419 e. The second-order valence-electron chi connectivity index (χ2n) is 11.2. The van der Waals surface area contributed by atoms with E-state index in [4.69, 9.17) is 22.9 Å². The molecule has 10 N–H and O–H groups in total. The van der Waals surface area contributed by atoms with Crippen LogP contribution in [0.5, 0.6) is 0 Å². The molecule has 0 radical (unpaired) electrons. The summed E-state index contributed by atoms with van der Waals surface area (Å²) in [5.74, 6) is 0. The molecular weight excluding hydrogens is 719 g/mol. The van der Waals surface area contributed by atoms with Gasteiger partial charge < -0.3 is 33.6 Å². The predicted molar refractivity (Wildman–Crippen MR) is 216 cm³/mol. The van der Waals surface area contributed by atoms with E-state index in [1.54, 1.807) is 0 Å². The van der Waals surface area contributed by atoms with E-state index in [2.05, 4.69) is 27.8 Å². The maximum absolute atomic E-state index is 6.39. The van der Waals surface area contributed by atoms with Crippen molar-refractivity contribution in [3.8, 4) is 0 Å². The fraction of sp³-hybridized carbons (Fsp3) is 0.839. The third kappa shape index (κ3) is 41.0. The van der Waals surface area contributed by atoms with Crippen molar-refractivity contribution in [2.75, 3.05) is 39.3 Å². The highest BCUT2D eigenvalue weighted by Gasteiger charge is 2.08. The Labute approximate surface area is 320 Å². The minimum absolute atomic E-state index is 0. The predicted octanol–water partition coefficient (Wildman–Crippen LogP) is 7.11. The first-order valence-electron chi connectivity index (χ1n) is 15.9. The molecule has 0 amide bonds. The summed E-state index contributed by atoms with van der Waals surface area (Å²) in [5.41, 5.74) is 26.2. The number of pyridine rings is 1. The number of hydrogen-bond acceptors (Lipinski definition) is 7. The van der Waals surface area contributed by atoms with Crippen LogP contribution in [0.2, 0.25) is 0 Å². The molecule has 0 saturated carbocycles. The van der Waals surface area contributed by atoms with Gasteiger partial charge in [0.1, 0.15) is 0 Å². The van der Waals surface area contributed by atoms with Crippen LogP contribution in [0, 0.1) is 0 Å². The minimum atomic E-state index is 0. The zero-order valence-electron chi connectivity index (χ0n) is 27.5. The Hall–Kier alpha value is 0.940. The molecule has 7 nitrogen and oxygen atoms in total. The monoisotopic (exact) mass is 785 g/mol. The molecule has 14 heteroatoms. The van der Waals surface area contributed by atoms with E-state index in [-0.39, 0.29) is 98.9 Å². The van der Waals surface area contributed by atoms with Crippen LogP contribution in [0.4, 0.5) is 0 Å². The molecule has 0 bridgehead atoms. The van der Waals surface area contributed by atoms with E-state index in [9.17, 15) is 0 Å². The molecule has 278 valence electrons. The van der Waals surface area contributed by atoms with Crippen molar-refractivity contribution >= 4 is 86.8 Å². The average Bonchev–Trinajstić information content (AvgIpc) is 2.91. The molecule has 0 aliphatic carbocycles. The topological polar surface area (TPSA) is 141 Å². The summed E-state index contributed by atoms with van der Waals surface area (Å²) in [6, 6.07) is 4.73. The van der Waals surface area contributed by atoms with Crippen LogP contribution in [0.15, 0.2) is 18.3 Å². The highest BCUT2D eigenvalue weighted by molar-refractivity contribution is 5.86. The van der Waals surface area contributed by atoms with Gasteiger partial charge >= 0.3 is 0 Å². The maximum atomic E-state index is 6.39. The summed E-state index contributed by atoms with van der Waals surface area (Å²) in [6.45, 7) is 6.14. The van der Waals surface area contributed by atoms with Gasteiger partial charge in [0, 0.05) is 30.4 Å². The van der Waals surface area contributed by atoms with Gasteiger partial charge in [-0.25, -0.2) is 0 Å². The van der Waals surface area contributed by atoms with Gasteiger partial charge in [0.15, 0.2) is 0 Å². The van der Waals surface area contributed by atoms with Gasteiger partial charge in [-0.05, 0) is 109 Å². The molecule has 0 saturated heterocycles. The fourth-order valence-corrected chi connectivity index (χ4v) is 4.88. The number of hydrogen-bond donors (Lipinski definition) is 6. The Bertz CT molecular complexity index is 586. The molecule has 0 aliphatic heterocycles. The lowest BCUT2D eigenvalue weighted by Gasteiger charge is -2.13. The third-order valence-electron chi connectivity index (χ3n) is 7.33. The van der Waals surface area contributed by atoms with Crippen LogP contribution in [-0.2, 0) is 12.8 Å². The van der Waals surface area contributed by atoms with Crippen molar-refractivity contribution in [3.63, 3.8) is 0 Å². The molecule has 0 aromatic carbocycles. The van der Waals surface area contributed by atoms with Crippen molar-refractivity contribution < 1.29 is 0 Å². The van der Waals surface area contributed by atoms with Gasteiger partial charge in [-0.15, -0.1) is 86.8 Å². The van der Waals surface area contributed by atoms with Gasteiger partial charge in [-0.1, -0.05) is 57.4 Å². The van der Waals surface area contributed by atoms with Crippen molar-refractivity contribution in [1.82, 2.24) is 15.6 Å². The first-order valence-corrected chi connectivity index (χ1v) is 15.9. The Morgan fingerprint density at radius 1 is 0.489 bits per heavy atom. The summed E-state index contributed by atoms with van der Waals surface area (Å²) in [6.07, 6.45) is 23.2. The summed E-state index contributed by atoms with van der Waals surface area (Å²) >= 11 is 0. The quantitative estimate of drug-likeness (QED) is 0.0498. The van der Waals surface area contributed by atoms with Gasteiger partial charge in [0.25, 0.3) is 0 Å². The Morgan fingerprint density at radius 2 is 0.867 bits per heavy atom. The number of aromatic nitrogens is 1. The highest BCUT2D eigenvalue weighted by atomic mass is 35.5. The van der Waals surface area contributed by atoms with Crippen molar-refractivity contribution in [1.29, 1.82) is 0 Å². The second-order valence-corrected chi connectivity index (χ2v) is 11.2. The van der Waals surface area contributed by atoms with Crippen molar-refractivity contribution in [2.24, 2.45) is 22.9 Å². The third-order valence-corrected chi connectivity index (χ3v) is 7.33. The van der Waals surface area contributed by atoms with E-state index < -0.39 is 0 Å². The lowest BCUT2D eigenvalue weighted by Crippen LogP contribution is -2.24. The Balaban J connectivity index is -0.000000413. The highest BCUT2D eigenvalue weighted by Crippen LogP contribution is 2.11. The second kappa shape index (κ2) is 47.1. The van der Waals surface area contributed by atoms with E-state index >= 15 is 0 Å². The number of rotatable bonds is 28. The molecule has 0 aliphatic rings. The Morgan fingerprint density at radius 3 is 1.24 bits per heavy atom. The number of nitrogens with one attached hydrogen (secondary N) is 2. The molecule has 2 atom stereocenters. The molecule has 1 rings (SSSR count). The van der Waals surface area contributed by atoms with E-state index in [0.29, 0.717) is 0 Å². The van der Waals surface area contributed by atoms with Crippen molar-refractivity contribution in [2.45, 2.75) is 128 Å². The molecular formula is C31H70Cl7N7. The average molecular weight is 789 g/mol. The number of unbranched alkanes of at least 4 members (excludes halogenated alkanes) is 10. The number of nitrogens with zero attached hydrogens (tertiary/aromatic N) is 1. The lowest BCUT2D eigenvalue weighted by molar-refractivity contribution is 0.522. The van der Waals surface area contributed by atoms with Crippen LogP contribution in [-0.4, -0.2) is 56.3 Å². The molecule has 0 spiro atoms. The van der Waals surface area contributed by atoms with Crippen LogP contribution in [0.1, 0.15) is 114 Å². The summed E-state index contributed by atoms with van der Waals surface area (Å²) < 4.78 is 0. The lowest BCUT2D eigenvalue weighted by atomic mass is 10.0. The van der Waals surface area contributed by atoms with E-state index in [0.717, 1.165) is 83.5 Å². The van der Waals surface area contributed by atoms with Gasteiger partial charge in [0.05, 0.1) is 0 Å². The first kappa shape index (κ1) is 61.2. The molecule has 45 heavy (non-hydrogen) atoms. The van der Waals surface area contributed by atoms with Crippen LogP contribution in [0.25, 0.3) is 0 Å². The zero-order chi connectivity index (χ0) is 27.5. The summed E-state index contributed by atoms with van der Waals surface area (Å²) in [4.78, 5) is 4.67. The minimum Gasteiger partial charge on any atom is -0.330 e. The SMILES string of the molecule is Cl.Cl.Cl.Cl.Cl.Cl.Cl.NCCCCCCNCCCCCC(N)Cc1ccc(CC(N)CCCCCNCCCCCCN)nc1.